The molecule has 0 bridgehead atoms. The van der Waals surface area contributed by atoms with Crippen LogP contribution in [0.5, 0.6) is 17.2 Å². The van der Waals surface area contributed by atoms with E-state index in [9.17, 15) is 19.1 Å². The van der Waals surface area contributed by atoms with E-state index in [0.29, 0.717) is 63.9 Å². The minimum atomic E-state index is -1.05. The number of hydrogen-bond acceptors (Lipinski definition) is 10. The number of amides is 1. The summed E-state index contributed by atoms with van der Waals surface area (Å²) in [5.41, 5.74) is 1.26. The fourth-order valence-electron chi connectivity index (χ4n) is 4.95. The summed E-state index contributed by atoms with van der Waals surface area (Å²) in [6.45, 7) is 7.33. The van der Waals surface area contributed by atoms with Crippen LogP contribution in [0.15, 0.2) is 76.6 Å². The van der Waals surface area contributed by atoms with Gasteiger partial charge in [-0.3, -0.25) is 14.5 Å². The minimum Gasteiger partial charge on any atom is -0.507 e. The van der Waals surface area contributed by atoms with Crippen molar-refractivity contribution in [2.75, 3.05) is 24.7 Å². The summed E-state index contributed by atoms with van der Waals surface area (Å²) in [5.74, 6) is -0.481. The summed E-state index contributed by atoms with van der Waals surface area (Å²) in [6, 6.07) is 17.3. The predicted molar refractivity (Wildman–Crippen MR) is 181 cm³/mol. The zero-order chi connectivity index (χ0) is 33.3. The molecule has 4 aromatic rings. The summed E-state index contributed by atoms with van der Waals surface area (Å²) in [7, 11) is 0. The third kappa shape index (κ3) is 7.77. The fourth-order valence-corrected chi connectivity index (χ4v) is 6.81. The van der Waals surface area contributed by atoms with Crippen molar-refractivity contribution < 1.29 is 33.3 Å². The van der Waals surface area contributed by atoms with Crippen molar-refractivity contribution >= 4 is 45.7 Å². The Balaban J connectivity index is 1.56. The summed E-state index contributed by atoms with van der Waals surface area (Å²) >= 11 is 2.37. The number of aliphatic hydroxyl groups excluding tert-OH is 1. The lowest BCUT2D eigenvalue weighted by Crippen LogP contribution is -2.29. The van der Waals surface area contributed by atoms with Crippen molar-refractivity contribution in [3.05, 3.63) is 94.8 Å². The fraction of sp³-hybridized carbons (Fsp3) is 0.314. The van der Waals surface area contributed by atoms with Crippen LogP contribution in [-0.2, 0) is 15.3 Å². The molecule has 1 fully saturated rings. The molecule has 9 nitrogen and oxygen atoms in total. The van der Waals surface area contributed by atoms with Gasteiger partial charge in [0, 0.05) is 11.3 Å². The maximum Gasteiger partial charge on any atom is 0.301 e. The molecular formula is C35H36FN3O6S2. The highest BCUT2D eigenvalue weighted by Gasteiger charge is 2.48. The van der Waals surface area contributed by atoms with E-state index in [1.54, 1.807) is 60.7 Å². The molecule has 1 amide bonds. The van der Waals surface area contributed by atoms with E-state index >= 15 is 0 Å². The number of ketones is 1. The Morgan fingerprint density at radius 2 is 1.72 bits per heavy atom. The van der Waals surface area contributed by atoms with Crippen LogP contribution in [0.1, 0.15) is 62.8 Å². The number of halogens is 1. The van der Waals surface area contributed by atoms with Gasteiger partial charge in [0.1, 0.15) is 17.3 Å². The molecule has 0 aliphatic carbocycles. The molecule has 1 aromatic heterocycles. The molecule has 1 atom stereocenters. The van der Waals surface area contributed by atoms with E-state index in [2.05, 4.69) is 17.1 Å². The lowest BCUT2D eigenvalue weighted by atomic mass is 9.95. The molecule has 1 saturated heterocycles. The maximum absolute atomic E-state index is 14.2. The summed E-state index contributed by atoms with van der Waals surface area (Å²) < 4.78 is 32.3. The van der Waals surface area contributed by atoms with E-state index < -0.39 is 17.7 Å². The van der Waals surface area contributed by atoms with Gasteiger partial charge in [-0.25, -0.2) is 4.39 Å². The van der Waals surface area contributed by atoms with Gasteiger partial charge < -0.3 is 19.3 Å². The van der Waals surface area contributed by atoms with Gasteiger partial charge in [0.15, 0.2) is 15.8 Å². The lowest BCUT2D eigenvalue weighted by molar-refractivity contribution is -0.132. The average Bonchev–Trinajstić information content (AvgIpc) is 3.65. The quantitative estimate of drug-likeness (QED) is 0.0335. The van der Waals surface area contributed by atoms with Crippen LogP contribution in [0.4, 0.5) is 9.52 Å². The van der Waals surface area contributed by atoms with Gasteiger partial charge in [0.05, 0.1) is 31.4 Å². The first-order valence-electron chi connectivity index (χ1n) is 15.5. The molecule has 47 heavy (non-hydrogen) atoms. The number of aliphatic hydroxyl groups is 1. The van der Waals surface area contributed by atoms with Gasteiger partial charge in [0.2, 0.25) is 5.13 Å². The molecule has 0 spiro atoms. The smallest absolute Gasteiger partial charge is 0.301 e. The Kier molecular flexibility index (Phi) is 11.5. The van der Waals surface area contributed by atoms with Gasteiger partial charge in [-0.05, 0) is 73.4 Å². The van der Waals surface area contributed by atoms with Gasteiger partial charge in [-0.2, -0.15) is 0 Å². The number of benzene rings is 3. The molecule has 1 N–H and O–H groups in total. The molecule has 1 aliphatic heterocycles. The van der Waals surface area contributed by atoms with Crippen LogP contribution in [0.25, 0.3) is 5.76 Å². The Hall–Kier alpha value is -4.42. The van der Waals surface area contributed by atoms with E-state index in [0.717, 1.165) is 30.6 Å². The molecule has 2 heterocycles. The number of carbonyl (C=O) groups excluding carboxylic acids is 2. The first kappa shape index (κ1) is 33.9. The third-order valence-electron chi connectivity index (χ3n) is 7.29. The molecule has 3 aromatic carbocycles. The largest absolute Gasteiger partial charge is 0.507 e. The standard InChI is InChI=1S/C35H36FN3O6S2/c1-4-7-19-45-27-17-14-23(20-28(27)43-6-3)30-29(31(40)22-12-15-25(16-13-22)44-18-5-2)32(41)33(42)39(30)34-37-38-35(47-34)46-21-24-10-8-9-11-26(24)36/h8-17,20,30,40H,4-7,18-19,21H2,1-3H3/b31-29+. The predicted octanol–water partition coefficient (Wildman–Crippen LogP) is 7.96. The van der Waals surface area contributed by atoms with Crippen LogP contribution in [-0.4, -0.2) is 46.8 Å². The SMILES string of the molecule is CCCCOc1ccc(C2/C(=C(\O)c3ccc(OCCC)cc3)C(=O)C(=O)N2c2nnc(SCc3ccccc3F)s2)cc1OCC. The Morgan fingerprint density at radius 3 is 2.45 bits per heavy atom. The number of rotatable bonds is 15. The Labute approximate surface area is 281 Å². The first-order valence-corrected chi connectivity index (χ1v) is 17.3. The van der Waals surface area contributed by atoms with E-state index in [4.69, 9.17) is 14.2 Å². The molecule has 246 valence electrons. The van der Waals surface area contributed by atoms with Crippen molar-refractivity contribution in [2.45, 2.75) is 56.2 Å². The monoisotopic (exact) mass is 677 g/mol. The summed E-state index contributed by atoms with van der Waals surface area (Å²) in [4.78, 5) is 28.7. The normalized spacial score (nSPS) is 15.7. The molecule has 0 saturated carbocycles. The lowest BCUT2D eigenvalue weighted by Gasteiger charge is -2.23. The number of ether oxygens (including phenoxy) is 3. The van der Waals surface area contributed by atoms with Gasteiger partial charge in [-0.1, -0.05) is 67.6 Å². The maximum atomic E-state index is 14.2. The van der Waals surface area contributed by atoms with Crippen molar-refractivity contribution in [1.82, 2.24) is 10.2 Å². The number of Topliss-reactive ketones (excluding diaryl/α,β-unsaturated/α-hetero) is 1. The molecule has 12 heteroatoms. The van der Waals surface area contributed by atoms with Crippen molar-refractivity contribution in [3.8, 4) is 17.2 Å². The van der Waals surface area contributed by atoms with Crippen LogP contribution >= 0.6 is 23.1 Å². The van der Waals surface area contributed by atoms with Crippen LogP contribution < -0.4 is 19.1 Å². The van der Waals surface area contributed by atoms with Crippen LogP contribution in [0.2, 0.25) is 0 Å². The third-order valence-corrected chi connectivity index (χ3v) is 9.40. The average molecular weight is 678 g/mol. The number of nitrogens with zero attached hydrogens (tertiary/aromatic N) is 3. The topological polar surface area (TPSA) is 111 Å². The van der Waals surface area contributed by atoms with Crippen molar-refractivity contribution in [2.24, 2.45) is 0 Å². The Bertz CT molecular complexity index is 1740. The number of hydrogen-bond donors (Lipinski definition) is 1. The number of thioether (sulfide) groups is 1. The second-order valence-electron chi connectivity index (χ2n) is 10.6. The second kappa shape index (κ2) is 15.9. The number of anilines is 1. The Morgan fingerprint density at radius 1 is 0.936 bits per heavy atom. The molecule has 5 rings (SSSR count). The minimum absolute atomic E-state index is 0.102. The molecule has 0 radical (unpaired) electrons. The van der Waals surface area contributed by atoms with Crippen LogP contribution in [0.3, 0.4) is 0 Å². The molecule has 1 aliphatic rings. The van der Waals surface area contributed by atoms with Crippen molar-refractivity contribution in [3.63, 3.8) is 0 Å². The molecule has 1 unspecified atom stereocenters. The number of carbonyl (C=O) groups is 2. The van der Waals surface area contributed by atoms with E-state index in [1.165, 1.54) is 22.7 Å². The number of unbranched alkanes of at least 4 members (excludes halogenated alkanes) is 1. The van der Waals surface area contributed by atoms with Gasteiger partial charge in [-0.15, -0.1) is 10.2 Å². The second-order valence-corrected chi connectivity index (χ2v) is 12.8. The highest BCUT2D eigenvalue weighted by atomic mass is 32.2. The van der Waals surface area contributed by atoms with Crippen molar-refractivity contribution in [1.29, 1.82) is 0 Å². The van der Waals surface area contributed by atoms with Gasteiger partial charge in [0.25, 0.3) is 5.78 Å². The highest BCUT2D eigenvalue weighted by Crippen LogP contribution is 2.46. The highest BCUT2D eigenvalue weighted by molar-refractivity contribution is 8.00. The van der Waals surface area contributed by atoms with E-state index in [1.807, 2.05) is 13.8 Å². The first-order chi connectivity index (χ1) is 22.9. The zero-order valence-corrected chi connectivity index (χ0v) is 28.0. The van der Waals surface area contributed by atoms with E-state index in [-0.39, 0.29) is 22.3 Å². The van der Waals surface area contributed by atoms with Gasteiger partial charge >= 0.3 is 5.91 Å². The molecular weight excluding hydrogens is 642 g/mol. The number of aromatic nitrogens is 2. The summed E-state index contributed by atoms with van der Waals surface area (Å²) in [6.07, 6.45) is 2.67. The zero-order valence-electron chi connectivity index (χ0n) is 26.4. The summed E-state index contributed by atoms with van der Waals surface area (Å²) in [5, 5.41) is 20.2. The van der Waals surface area contributed by atoms with Crippen LogP contribution in [0, 0.1) is 5.82 Å².